The average molecular weight is 343 g/mol. The van der Waals surface area contributed by atoms with Crippen LogP contribution in [0.2, 0.25) is 0 Å². The van der Waals surface area contributed by atoms with Gasteiger partial charge in [-0.05, 0) is 24.5 Å². The van der Waals surface area contributed by atoms with Crippen LogP contribution in [0.25, 0.3) is 5.78 Å². The van der Waals surface area contributed by atoms with E-state index in [0.717, 1.165) is 11.5 Å². The first-order valence-electron chi connectivity index (χ1n) is 8.16. The maximum absolute atomic E-state index is 13.8. The number of ether oxygens (including phenoxy) is 1. The zero-order valence-electron chi connectivity index (χ0n) is 14.8. The summed E-state index contributed by atoms with van der Waals surface area (Å²) in [6, 6.07) is 8.23. The van der Waals surface area contributed by atoms with Gasteiger partial charge < -0.3 is 10.1 Å². The lowest BCUT2D eigenvalue weighted by Gasteiger charge is -2.32. The van der Waals surface area contributed by atoms with Crippen LogP contribution in [0.3, 0.4) is 0 Å². The lowest BCUT2D eigenvalue weighted by atomic mass is 9.87. The monoisotopic (exact) mass is 343 g/mol. The summed E-state index contributed by atoms with van der Waals surface area (Å²) in [6.07, 6.45) is 1.47. The van der Waals surface area contributed by atoms with Crippen LogP contribution >= 0.6 is 0 Å². The van der Waals surface area contributed by atoms with Crippen molar-refractivity contribution in [3.63, 3.8) is 0 Å². The number of halogens is 1. The van der Waals surface area contributed by atoms with Crippen LogP contribution in [0, 0.1) is 18.2 Å². The van der Waals surface area contributed by atoms with Crippen LogP contribution in [0.4, 0.5) is 10.2 Å². The highest BCUT2D eigenvalue weighted by Gasteiger charge is 2.27. The van der Waals surface area contributed by atoms with Crippen molar-refractivity contribution in [3.8, 4) is 5.75 Å². The summed E-state index contributed by atoms with van der Waals surface area (Å²) in [4.78, 5) is 8.47. The second-order valence-corrected chi connectivity index (χ2v) is 7.06. The van der Waals surface area contributed by atoms with Gasteiger partial charge in [0.2, 0.25) is 0 Å². The van der Waals surface area contributed by atoms with Gasteiger partial charge in [-0.3, -0.25) is 0 Å². The minimum absolute atomic E-state index is 0.0821. The molecule has 3 rings (SSSR count). The Balaban J connectivity index is 1.84. The first kappa shape index (κ1) is 17.1. The fourth-order valence-electron chi connectivity index (χ4n) is 2.45. The molecular formula is C18H22FN5O. The van der Waals surface area contributed by atoms with Crippen LogP contribution in [-0.4, -0.2) is 32.2 Å². The van der Waals surface area contributed by atoms with Gasteiger partial charge in [0.1, 0.15) is 18.8 Å². The topological polar surface area (TPSA) is 64.3 Å². The molecule has 6 nitrogen and oxygen atoms in total. The number of benzene rings is 1. The highest BCUT2D eigenvalue weighted by atomic mass is 19.1. The van der Waals surface area contributed by atoms with E-state index in [4.69, 9.17) is 4.74 Å². The summed E-state index contributed by atoms with van der Waals surface area (Å²) in [6.45, 7) is 8.51. The molecule has 0 bridgehead atoms. The lowest BCUT2D eigenvalue weighted by Crippen LogP contribution is -2.40. The standard InChI is InChI=1S/C18H22FN5O/c1-12-9-16(24-17(22-12)20-11-21-24)23-15(18(2,3)4)10-25-14-8-6-5-7-13(14)19/h5-9,11,15,23H,10H2,1-4H3. The zero-order chi connectivity index (χ0) is 18.0. The smallest absolute Gasteiger partial charge is 0.254 e. The van der Waals surface area contributed by atoms with Crippen LogP contribution in [0.5, 0.6) is 5.75 Å². The van der Waals surface area contributed by atoms with E-state index in [1.54, 1.807) is 22.7 Å². The molecule has 0 amide bonds. The van der Waals surface area contributed by atoms with Crippen molar-refractivity contribution in [2.75, 3.05) is 11.9 Å². The maximum atomic E-state index is 13.8. The van der Waals surface area contributed by atoms with E-state index in [1.807, 2.05) is 13.0 Å². The Labute approximate surface area is 146 Å². The van der Waals surface area contributed by atoms with Gasteiger partial charge in [0, 0.05) is 11.8 Å². The zero-order valence-corrected chi connectivity index (χ0v) is 14.8. The lowest BCUT2D eigenvalue weighted by molar-refractivity contribution is 0.212. The third-order valence-electron chi connectivity index (χ3n) is 3.99. The van der Waals surface area contributed by atoms with E-state index in [-0.39, 0.29) is 23.0 Å². The molecule has 1 unspecified atom stereocenters. The average Bonchev–Trinajstić information content (AvgIpc) is 2.99. The Morgan fingerprint density at radius 3 is 2.76 bits per heavy atom. The van der Waals surface area contributed by atoms with Gasteiger partial charge in [0.25, 0.3) is 5.78 Å². The van der Waals surface area contributed by atoms with Crippen molar-refractivity contribution in [1.82, 2.24) is 19.6 Å². The molecular weight excluding hydrogens is 321 g/mol. The van der Waals surface area contributed by atoms with Crippen LogP contribution in [0.1, 0.15) is 26.5 Å². The largest absolute Gasteiger partial charge is 0.488 e. The minimum atomic E-state index is -0.367. The van der Waals surface area contributed by atoms with Crippen molar-refractivity contribution in [2.45, 2.75) is 33.7 Å². The molecule has 0 aliphatic carbocycles. The fourth-order valence-corrected chi connectivity index (χ4v) is 2.45. The van der Waals surface area contributed by atoms with E-state index < -0.39 is 0 Å². The van der Waals surface area contributed by atoms with Gasteiger partial charge >= 0.3 is 0 Å². The molecule has 1 aromatic carbocycles. The molecule has 0 fully saturated rings. The Morgan fingerprint density at radius 1 is 1.28 bits per heavy atom. The van der Waals surface area contributed by atoms with Crippen LogP contribution in [-0.2, 0) is 0 Å². The summed E-state index contributed by atoms with van der Waals surface area (Å²) in [5, 5.41) is 7.66. The van der Waals surface area contributed by atoms with Crippen molar-refractivity contribution in [3.05, 3.63) is 48.2 Å². The molecule has 2 aromatic heterocycles. The summed E-state index contributed by atoms with van der Waals surface area (Å²) in [7, 11) is 0. The van der Waals surface area contributed by atoms with Gasteiger partial charge in [-0.15, -0.1) is 0 Å². The van der Waals surface area contributed by atoms with E-state index in [9.17, 15) is 4.39 Å². The Morgan fingerprint density at radius 2 is 2.04 bits per heavy atom. The van der Waals surface area contributed by atoms with Gasteiger partial charge in [0.15, 0.2) is 11.6 Å². The predicted molar refractivity (Wildman–Crippen MR) is 94.3 cm³/mol. The van der Waals surface area contributed by atoms with Gasteiger partial charge in [0.05, 0.1) is 6.04 Å². The highest BCUT2D eigenvalue weighted by Crippen LogP contribution is 2.25. The number of nitrogens with one attached hydrogen (secondary N) is 1. The second kappa shape index (κ2) is 6.66. The van der Waals surface area contributed by atoms with E-state index in [1.165, 1.54) is 12.4 Å². The van der Waals surface area contributed by atoms with Crippen molar-refractivity contribution < 1.29 is 9.13 Å². The quantitative estimate of drug-likeness (QED) is 0.768. The summed E-state index contributed by atoms with van der Waals surface area (Å²) in [5.41, 5.74) is 0.709. The Bertz CT molecular complexity index is 871. The molecule has 0 saturated heterocycles. The van der Waals surface area contributed by atoms with E-state index >= 15 is 0 Å². The number of aryl methyl sites for hydroxylation is 1. The molecule has 1 N–H and O–H groups in total. The number of para-hydroxylation sites is 1. The van der Waals surface area contributed by atoms with Crippen molar-refractivity contribution in [1.29, 1.82) is 0 Å². The third kappa shape index (κ3) is 3.87. The fraction of sp³-hybridized carbons (Fsp3) is 0.389. The molecule has 0 radical (unpaired) electrons. The van der Waals surface area contributed by atoms with Crippen LogP contribution < -0.4 is 10.1 Å². The molecule has 25 heavy (non-hydrogen) atoms. The second-order valence-electron chi connectivity index (χ2n) is 7.06. The maximum Gasteiger partial charge on any atom is 0.254 e. The summed E-state index contributed by atoms with van der Waals surface area (Å²) >= 11 is 0. The normalized spacial score (nSPS) is 13.0. The Kier molecular flexibility index (Phi) is 4.57. The van der Waals surface area contributed by atoms with Gasteiger partial charge in [-0.2, -0.15) is 14.6 Å². The van der Waals surface area contributed by atoms with E-state index in [0.29, 0.717) is 12.4 Å². The number of rotatable bonds is 5. The number of nitrogens with zero attached hydrogens (tertiary/aromatic N) is 4. The number of fused-ring (bicyclic) bond motifs is 1. The SMILES string of the molecule is Cc1cc(NC(COc2ccccc2F)C(C)(C)C)n2ncnc2n1. The van der Waals surface area contributed by atoms with Gasteiger partial charge in [-0.25, -0.2) is 9.37 Å². The highest BCUT2D eigenvalue weighted by molar-refractivity contribution is 5.45. The van der Waals surface area contributed by atoms with Crippen molar-refractivity contribution in [2.24, 2.45) is 5.41 Å². The van der Waals surface area contributed by atoms with Crippen LogP contribution in [0.15, 0.2) is 36.7 Å². The van der Waals surface area contributed by atoms with E-state index in [2.05, 4.69) is 41.2 Å². The van der Waals surface area contributed by atoms with Gasteiger partial charge in [-0.1, -0.05) is 32.9 Å². The molecule has 0 aliphatic rings. The van der Waals surface area contributed by atoms with Crippen molar-refractivity contribution >= 4 is 11.6 Å². The number of hydrogen-bond donors (Lipinski definition) is 1. The molecule has 7 heteroatoms. The summed E-state index contributed by atoms with van der Waals surface area (Å²) in [5.74, 6) is 1.19. The predicted octanol–water partition coefficient (Wildman–Crippen LogP) is 3.48. The first-order chi connectivity index (χ1) is 11.8. The summed E-state index contributed by atoms with van der Waals surface area (Å²) < 4.78 is 21.2. The number of anilines is 1. The number of hydrogen-bond acceptors (Lipinski definition) is 5. The molecule has 132 valence electrons. The first-order valence-corrected chi connectivity index (χ1v) is 8.16. The molecule has 0 spiro atoms. The molecule has 3 aromatic rings. The molecule has 2 heterocycles. The minimum Gasteiger partial charge on any atom is -0.488 e. The Hall–Kier alpha value is -2.70. The number of aromatic nitrogens is 4. The third-order valence-corrected chi connectivity index (χ3v) is 3.99. The molecule has 0 aliphatic heterocycles. The molecule has 0 saturated carbocycles. The molecule has 1 atom stereocenters.